The summed E-state index contributed by atoms with van der Waals surface area (Å²) in [5, 5.41) is 10.2. The summed E-state index contributed by atoms with van der Waals surface area (Å²) in [7, 11) is 0. The maximum absolute atomic E-state index is 10.2. The van der Waals surface area contributed by atoms with Crippen LogP contribution in [0.25, 0.3) is 17.7 Å². The first-order chi connectivity index (χ1) is 18.9. The molecule has 1 fully saturated rings. The van der Waals surface area contributed by atoms with Crippen molar-refractivity contribution in [3.63, 3.8) is 0 Å². The van der Waals surface area contributed by atoms with Crippen molar-refractivity contribution in [1.29, 1.82) is 0 Å². The predicted octanol–water partition coefficient (Wildman–Crippen LogP) is 7.19. The molecule has 39 heavy (non-hydrogen) atoms. The van der Waals surface area contributed by atoms with E-state index in [2.05, 4.69) is 127 Å². The lowest BCUT2D eigenvalue weighted by molar-refractivity contribution is 0.194. The molecule has 3 aromatic carbocycles. The van der Waals surface area contributed by atoms with Gasteiger partial charge >= 0.3 is 0 Å². The second kappa shape index (κ2) is 10.6. The van der Waals surface area contributed by atoms with Gasteiger partial charge in [-0.05, 0) is 52.9 Å². The van der Waals surface area contributed by atoms with Gasteiger partial charge in [-0.3, -0.25) is 0 Å². The van der Waals surface area contributed by atoms with Crippen molar-refractivity contribution in [2.24, 2.45) is 5.41 Å². The summed E-state index contributed by atoms with van der Waals surface area (Å²) in [4.78, 5) is 4.63. The van der Waals surface area contributed by atoms with Gasteiger partial charge in [0.1, 0.15) is 5.75 Å². The van der Waals surface area contributed by atoms with Crippen LogP contribution < -0.4 is 14.5 Å². The van der Waals surface area contributed by atoms with Crippen molar-refractivity contribution in [1.82, 2.24) is 0 Å². The Labute approximate surface area is 231 Å². The second-order valence-electron chi connectivity index (χ2n) is 11.3. The summed E-state index contributed by atoms with van der Waals surface area (Å²) in [6, 6.07) is 25.6. The zero-order chi connectivity index (χ0) is 26.8. The first-order valence-electron chi connectivity index (χ1n) is 13.8. The molecule has 2 unspecified atom stereocenters. The first-order valence-corrected chi connectivity index (χ1v) is 13.8. The molecule has 2 heterocycles. The van der Waals surface area contributed by atoms with Crippen LogP contribution in [0.4, 0.5) is 11.4 Å². The Kier molecular flexibility index (Phi) is 6.88. The van der Waals surface area contributed by atoms with E-state index in [0.29, 0.717) is 19.3 Å². The number of anilines is 2. The molecular formula is C35H36N2O2. The largest absolute Gasteiger partial charge is 0.473 e. The summed E-state index contributed by atoms with van der Waals surface area (Å²) in [5.41, 5.74) is 7.17. The monoisotopic (exact) mass is 516 g/mol. The van der Waals surface area contributed by atoms with E-state index in [0.717, 1.165) is 24.3 Å². The Morgan fingerprint density at radius 2 is 1.67 bits per heavy atom. The maximum atomic E-state index is 10.2. The third-order valence-corrected chi connectivity index (χ3v) is 7.84. The minimum atomic E-state index is -0.263. The van der Waals surface area contributed by atoms with Gasteiger partial charge in [-0.15, -0.1) is 0 Å². The zero-order valence-electron chi connectivity index (χ0n) is 22.7. The van der Waals surface area contributed by atoms with Gasteiger partial charge in [-0.1, -0.05) is 105 Å². The normalized spacial score (nSPS) is 21.5. The molecule has 0 amide bonds. The molecule has 4 heteroatoms. The standard InChI is InChI=1S/C35H36N2O2/c1-35(2)20-7-9-28(19-21-35)32-10-4-3-8-27(32)16-13-26-14-17-31(18-15-26)39-25-36-23-29-22-30(38)24-37(29)34-12-6-5-11-33(34)36/h3-21,29-30,38H,22-25H2,1-2H3. The van der Waals surface area contributed by atoms with E-state index in [-0.39, 0.29) is 11.5 Å². The lowest BCUT2D eigenvalue weighted by Gasteiger charge is -2.40. The number of ether oxygens (including phenoxy) is 1. The van der Waals surface area contributed by atoms with E-state index < -0.39 is 0 Å². The van der Waals surface area contributed by atoms with Gasteiger partial charge < -0.3 is 19.6 Å². The second-order valence-corrected chi connectivity index (χ2v) is 11.3. The van der Waals surface area contributed by atoms with Gasteiger partial charge in [-0.2, -0.15) is 0 Å². The molecule has 1 saturated heterocycles. The van der Waals surface area contributed by atoms with E-state index in [1.54, 1.807) is 0 Å². The average Bonchev–Trinajstić information content (AvgIpc) is 3.23. The molecular weight excluding hydrogens is 480 g/mol. The third kappa shape index (κ3) is 5.57. The molecule has 0 saturated carbocycles. The Hall–Kier alpha value is -4.02. The molecule has 2 aliphatic heterocycles. The highest BCUT2D eigenvalue weighted by atomic mass is 16.5. The van der Waals surface area contributed by atoms with Crippen molar-refractivity contribution in [2.75, 3.05) is 29.6 Å². The van der Waals surface area contributed by atoms with Crippen molar-refractivity contribution >= 4 is 29.1 Å². The number of para-hydroxylation sites is 2. The molecule has 1 aliphatic carbocycles. The van der Waals surface area contributed by atoms with Gasteiger partial charge in [0, 0.05) is 24.5 Å². The van der Waals surface area contributed by atoms with Gasteiger partial charge in [0.25, 0.3) is 0 Å². The van der Waals surface area contributed by atoms with Crippen LogP contribution in [0, 0.1) is 5.41 Å². The maximum Gasteiger partial charge on any atom is 0.161 e. The van der Waals surface area contributed by atoms with E-state index in [1.165, 1.54) is 28.1 Å². The van der Waals surface area contributed by atoms with Crippen molar-refractivity contribution in [2.45, 2.75) is 32.4 Å². The SMILES string of the molecule is CC1(C)C=CC=C(c2ccccc2C=Cc2ccc(OCN3CC4CC(O)CN4c4ccccc43)cc2)C=C1. The highest BCUT2D eigenvalue weighted by Crippen LogP contribution is 2.39. The molecule has 0 radical (unpaired) electrons. The fourth-order valence-corrected chi connectivity index (χ4v) is 5.72. The Balaban J connectivity index is 1.13. The Bertz CT molecular complexity index is 1450. The van der Waals surface area contributed by atoms with E-state index in [4.69, 9.17) is 4.74 Å². The lowest BCUT2D eigenvalue weighted by atomic mass is 9.92. The van der Waals surface area contributed by atoms with E-state index >= 15 is 0 Å². The number of fused-ring (bicyclic) bond motifs is 3. The summed E-state index contributed by atoms with van der Waals surface area (Å²) >= 11 is 0. The van der Waals surface area contributed by atoms with Crippen molar-refractivity contribution in [3.8, 4) is 5.75 Å². The van der Waals surface area contributed by atoms with Crippen LogP contribution in [0.2, 0.25) is 0 Å². The Morgan fingerprint density at radius 1 is 0.897 bits per heavy atom. The van der Waals surface area contributed by atoms with Crippen LogP contribution in [0.1, 0.15) is 37.0 Å². The summed E-state index contributed by atoms with van der Waals surface area (Å²) in [5.74, 6) is 0.849. The first kappa shape index (κ1) is 25.3. The summed E-state index contributed by atoms with van der Waals surface area (Å²) in [6.45, 7) is 6.48. The summed E-state index contributed by atoms with van der Waals surface area (Å²) in [6.07, 6.45) is 16.0. The molecule has 198 valence electrons. The fourth-order valence-electron chi connectivity index (χ4n) is 5.72. The quantitative estimate of drug-likeness (QED) is 0.352. The zero-order valence-corrected chi connectivity index (χ0v) is 22.7. The highest BCUT2D eigenvalue weighted by molar-refractivity contribution is 5.84. The minimum absolute atomic E-state index is 0.0591. The predicted molar refractivity (Wildman–Crippen MR) is 163 cm³/mol. The number of benzene rings is 3. The minimum Gasteiger partial charge on any atom is -0.473 e. The van der Waals surface area contributed by atoms with Crippen LogP contribution in [0.5, 0.6) is 5.75 Å². The van der Waals surface area contributed by atoms with Crippen LogP contribution in [-0.4, -0.2) is 37.1 Å². The van der Waals surface area contributed by atoms with Gasteiger partial charge in [0.2, 0.25) is 0 Å². The van der Waals surface area contributed by atoms with Gasteiger partial charge in [-0.25, -0.2) is 0 Å². The molecule has 0 aromatic heterocycles. The number of aliphatic hydroxyl groups excluding tert-OH is 1. The average molecular weight is 517 g/mol. The van der Waals surface area contributed by atoms with Gasteiger partial charge in [0.15, 0.2) is 6.73 Å². The lowest BCUT2D eigenvalue weighted by Crippen LogP contribution is -2.47. The number of nitrogens with zero attached hydrogens (tertiary/aromatic N) is 2. The Morgan fingerprint density at radius 3 is 2.51 bits per heavy atom. The number of allylic oxidation sites excluding steroid dienone is 6. The van der Waals surface area contributed by atoms with E-state index in [1.807, 2.05) is 12.1 Å². The van der Waals surface area contributed by atoms with Crippen molar-refractivity contribution < 1.29 is 9.84 Å². The smallest absolute Gasteiger partial charge is 0.161 e. The summed E-state index contributed by atoms with van der Waals surface area (Å²) < 4.78 is 6.22. The number of aliphatic hydroxyl groups is 1. The third-order valence-electron chi connectivity index (χ3n) is 7.84. The van der Waals surface area contributed by atoms with E-state index in [9.17, 15) is 5.11 Å². The number of hydrogen-bond acceptors (Lipinski definition) is 4. The molecule has 3 aliphatic rings. The van der Waals surface area contributed by atoms with Crippen LogP contribution >= 0.6 is 0 Å². The molecule has 3 aromatic rings. The van der Waals surface area contributed by atoms with Crippen molar-refractivity contribution in [3.05, 3.63) is 120 Å². The highest BCUT2D eigenvalue weighted by Gasteiger charge is 2.37. The molecule has 0 spiro atoms. The molecule has 2 atom stereocenters. The molecule has 0 bridgehead atoms. The molecule has 6 rings (SSSR count). The number of rotatable bonds is 6. The van der Waals surface area contributed by atoms with Gasteiger partial charge in [0.05, 0.1) is 17.5 Å². The van der Waals surface area contributed by atoms with Crippen LogP contribution in [0.15, 0.2) is 103 Å². The van der Waals surface area contributed by atoms with Crippen LogP contribution in [0.3, 0.4) is 0 Å². The topological polar surface area (TPSA) is 35.9 Å². The molecule has 1 N–H and O–H groups in total. The van der Waals surface area contributed by atoms with Crippen LogP contribution in [-0.2, 0) is 0 Å². The number of hydrogen-bond donors (Lipinski definition) is 1. The molecule has 4 nitrogen and oxygen atoms in total. The fraction of sp³-hybridized carbons (Fsp3) is 0.257.